The van der Waals surface area contributed by atoms with Crippen molar-refractivity contribution in [2.45, 2.75) is 39.3 Å². The Hall–Kier alpha value is -4.56. The topological polar surface area (TPSA) is 147 Å². The summed E-state index contributed by atoms with van der Waals surface area (Å²) < 4.78 is 17.4. The molecule has 2 fully saturated rings. The van der Waals surface area contributed by atoms with Gasteiger partial charge in [0.15, 0.2) is 5.82 Å². The van der Waals surface area contributed by atoms with E-state index < -0.39 is 11.6 Å². The highest BCUT2D eigenvalue weighted by atomic mass is 16.5. The predicted octanol–water partition coefficient (Wildman–Crippen LogP) is 3.27. The second-order valence-electron chi connectivity index (χ2n) is 11.9. The van der Waals surface area contributed by atoms with Gasteiger partial charge in [0.25, 0.3) is 5.91 Å². The van der Waals surface area contributed by atoms with Crippen molar-refractivity contribution in [1.82, 2.24) is 24.8 Å². The summed E-state index contributed by atoms with van der Waals surface area (Å²) in [6.45, 7) is 13.4. The number of rotatable bonds is 6. The first-order valence-electron chi connectivity index (χ1n) is 15.3. The Morgan fingerprint density at radius 2 is 1.76 bits per heavy atom. The highest BCUT2D eigenvalue weighted by molar-refractivity contribution is 6.03. The molecule has 3 amide bonds. The maximum atomic E-state index is 13.8. The zero-order valence-electron chi connectivity index (χ0n) is 26.1. The molecule has 1 unspecified atom stereocenters. The van der Waals surface area contributed by atoms with Crippen LogP contribution in [0.25, 0.3) is 11.3 Å². The average Bonchev–Trinajstić information content (AvgIpc) is 3.14. The van der Waals surface area contributed by atoms with Gasteiger partial charge >= 0.3 is 6.03 Å². The van der Waals surface area contributed by atoms with Crippen molar-refractivity contribution in [3.05, 3.63) is 42.2 Å². The van der Waals surface area contributed by atoms with Crippen LogP contribution in [-0.2, 0) is 9.47 Å². The standard InChI is InChI=1S/C31H39N9O5/c1-5-38-19-31(3,4)45-27-25(28(38)41)26(36-29(37-27)40-12-15-44-18-20(40)2)21-6-8-22(9-7-21)34-30(42)35-23-16-33-24(17-32-23)39-10-13-43-14-11-39/h6-9,16-17,20H,5,10-15,18-19H2,1-4H3,(H2,32,34,35,42). The van der Waals surface area contributed by atoms with Crippen LogP contribution in [0.2, 0.25) is 0 Å². The van der Waals surface area contributed by atoms with E-state index in [9.17, 15) is 9.59 Å². The van der Waals surface area contributed by atoms with Crippen LogP contribution in [0, 0.1) is 0 Å². The number of amides is 3. The highest BCUT2D eigenvalue weighted by Gasteiger charge is 2.38. The molecule has 14 nitrogen and oxygen atoms in total. The number of benzene rings is 1. The number of aromatic nitrogens is 4. The van der Waals surface area contributed by atoms with E-state index in [4.69, 9.17) is 24.2 Å². The molecule has 3 aromatic rings. The summed E-state index contributed by atoms with van der Waals surface area (Å²) in [6.07, 6.45) is 3.17. The number of ether oxygens (including phenoxy) is 3. The number of hydrogen-bond acceptors (Lipinski definition) is 11. The zero-order valence-corrected chi connectivity index (χ0v) is 26.1. The SMILES string of the molecule is CCN1CC(C)(C)Oc2nc(N3CCOCC3C)nc(-c3ccc(NC(=O)Nc4cnc(N5CCOCC5)cn4)cc3)c2C1=O. The van der Waals surface area contributed by atoms with Gasteiger partial charge in [-0.15, -0.1) is 0 Å². The molecule has 1 aromatic carbocycles. The number of nitrogens with one attached hydrogen (secondary N) is 2. The van der Waals surface area contributed by atoms with Crippen LogP contribution in [-0.4, -0.2) is 108 Å². The number of morpholine rings is 2. The fourth-order valence-electron chi connectivity index (χ4n) is 5.63. The number of urea groups is 1. The van der Waals surface area contributed by atoms with Crippen LogP contribution in [0.15, 0.2) is 36.7 Å². The molecular formula is C31H39N9O5. The van der Waals surface area contributed by atoms with E-state index >= 15 is 0 Å². The van der Waals surface area contributed by atoms with E-state index in [0.29, 0.717) is 80.3 Å². The summed E-state index contributed by atoms with van der Waals surface area (Å²) in [6, 6.07) is 6.76. The Balaban J connectivity index is 1.24. The molecule has 45 heavy (non-hydrogen) atoms. The van der Waals surface area contributed by atoms with Crippen LogP contribution >= 0.6 is 0 Å². The monoisotopic (exact) mass is 617 g/mol. The molecule has 2 N–H and O–H groups in total. The van der Waals surface area contributed by atoms with E-state index in [0.717, 1.165) is 18.9 Å². The van der Waals surface area contributed by atoms with Crippen molar-refractivity contribution in [3.8, 4) is 17.1 Å². The van der Waals surface area contributed by atoms with Gasteiger partial charge in [-0.2, -0.15) is 4.98 Å². The Bertz CT molecular complexity index is 1530. The van der Waals surface area contributed by atoms with Crippen molar-refractivity contribution in [2.24, 2.45) is 0 Å². The Labute approximate surface area is 262 Å². The zero-order chi connectivity index (χ0) is 31.6. The third kappa shape index (κ3) is 6.76. The van der Waals surface area contributed by atoms with Crippen LogP contribution < -0.4 is 25.2 Å². The fourth-order valence-corrected chi connectivity index (χ4v) is 5.63. The van der Waals surface area contributed by atoms with E-state index in [1.807, 2.05) is 32.9 Å². The first-order chi connectivity index (χ1) is 21.7. The van der Waals surface area contributed by atoms with Gasteiger partial charge in [-0.25, -0.2) is 19.7 Å². The number of anilines is 4. The number of likely N-dealkylation sites (N-methyl/N-ethyl adjacent to an activating group) is 1. The van der Waals surface area contributed by atoms with Crippen molar-refractivity contribution in [2.75, 3.05) is 79.6 Å². The van der Waals surface area contributed by atoms with E-state index in [1.54, 1.807) is 23.2 Å². The summed E-state index contributed by atoms with van der Waals surface area (Å²) in [7, 11) is 0. The quantitative estimate of drug-likeness (QED) is 0.420. The molecule has 5 heterocycles. The molecule has 0 spiro atoms. The van der Waals surface area contributed by atoms with Crippen LogP contribution in [0.1, 0.15) is 38.1 Å². The van der Waals surface area contributed by atoms with Crippen molar-refractivity contribution < 1.29 is 23.8 Å². The predicted molar refractivity (Wildman–Crippen MR) is 169 cm³/mol. The first-order valence-corrected chi connectivity index (χ1v) is 15.3. The third-order valence-corrected chi connectivity index (χ3v) is 7.95. The fraction of sp³-hybridized carbons (Fsp3) is 0.484. The van der Waals surface area contributed by atoms with Crippen molar-refractivity contribution in [3.63, 3.8) is 0 Å². The average molecular weight is 618 g/mol. The van der Waals surface area contributed by atoms with E-state index in [2.05, 4.69) is 37.3 Å². The lowest BCUT2D eigenvalue weighted by molar-refractivity contribution is 0.0541. The van der Waals surface area contributed by atoms with Gasteiger partial charge in [0.2, 0.25) is 11.8 Å². The molecule has 3 aliphatic heterocycles. The number of fused-ring (bicyclic) bond motifs is 1. The van der Waals surface area contributed by atoms with Crippen LogP contribution in [0.4, 0.5) is 28.1 Å². The maximum Gasteiger partial charge on any atom is 0.324 e. The molecule has 0 saturated carbocycles. The second kappa shape index (κ2) is 12.8. The van der Waals surface area contributed by atoms with Gasteiger partial charge in [-0.3, -0.25) is 10.1 Å². The molecule has 3 aliphatic rings. The summed E-state index contributed by atoms with van der Waals surface area (Å²) in [5.74, 6) is 1.63. The third-order valence-electron chi connectivity index (χ3n) is 7.95. The molecule has 1 atom stereocenters. The molecule has 2 saturated heterocycles. The molecule has 0 radical (unpaired) electrons. The Kier molecular flexibility index (Phi) is 8.67. The minimum Gasteiger partial charge on any atom is -0.469 e. The molecule has 6 rings (SSSR count). The first kappa shape index (κ1) is 30.5. The van der Waals surface area contributed by atoms with Gasteiger partial charge in [0.1, 0.15) is 17.0 Å². The summed E-state index contributed by atoms with van der Waals surface area (Å²) in [4.78, 5) is 51.0. The van der Waals surface area contributed by atoms with Crippen molar-refractivity contribution in [1.29, 1.82) is 0 Å². The number of carbonyl (C=O) groups excluding carboxylic acids is 2. The summed E-state index contributed by atoms with van der Waals surface area (Å²) in [5, 5.41) is 5.54. The minimum absolute atomic E-state index is 0.0524. The molecule has 0 aliphatic carbocycles. The molecule has 2 aromatic heterocycles. The lowest BCUT2D eigenvalue weighted by Crippen LogP contribution is -2.44. The largest absolute Gasteiger partial charge is 0.469 e. The summed E-state index contributed by atoms with van der Waals surface area (Å²) >= 11 is 0. The Morgan fingerprint density at radius 1 is 1.00 bits per heavy atom. The normalized spacial score (nSPS) is 19.8. The highest BCUT2D eigenvalue weighted by Crippen LogP contribution is 2.36. The van der Waals surface area contributed by atoms with E-state index in [1.165, 1.54) is 6.20 Å². The van der Waals surface area contributed by atoms with Crippen LogP contribution in [0.5, 0.6) is 5.88 Å². The van der Waals surface area contributed by atoms with Gasteiger partial charge < -0.3 is 34.2 Å². The maximum absolute atomic E-state index is 13.8. The Morgan fingerprint density at radius 3 is 2.44 bits per heavy atom. The van der Waals surface area contributed by atoms with Gasteiger partial charge in [-0.05, 0) is 39.8 Å². The van der Waals surface area contributed by atoms with Crippen molar-refractivity contribution >= 4 is 35.2 Å². The lowest BCUT2D eigenvalue weighted by Gasteiger charge is -2.34. The molecule has 0 bridgehead atoms. The van der Waals surface area contributed by atoms with Crippen LogP contribution in [0.3, 0.4) is 0 Å². The number of nitrogens with zero attached hydrogens (tertiary/aromatic N) is 7. The molecular weight excluding hydrogens is 578 g/mol. The van der Waals surface area contributed by atoms with Gasteiger partial charge in [-0.1, -0.05) is 12.1 Å². The molecule has 238 valence electrons. The van der Waals surface area contributed by atoms with Gasteiger partial charge in [0.05, 0.1) is 57.1 Å². The minimum atomic E-state index is -0.648. The number of hydrogen-bond donors (Lipinski definition) is 2. The van der Waals surface area contributed by atoms with Gasteiger partial charge in [0, 0.05) is 37.4 Å². The summed E-state index contributed by atoms with van der Waals surface area (Å²) in [5.41, 5.74) is 1.39. The number of carbonyl (C=O) groups is 2. The van der Waals surface area contributed by atoms with E-state index in [-0.39, 0.29) is 17.8 Å². The lowest BCUT2D eigenvalue weighted by atomic mass is 10.0. The molecule has 14 heteroatoms. The smallest absolute Gasteiger partial charge is 0.324 e. The second-order valence-corrected chi connectivity index (χ2v) is 11.9.